The highest BCUT2D eigenvalue weighted by Crippen LogP contribution is 2.21. The van der Waals surface area contributed by atoms with Gasteiger partial charge in [-0.2, -0.15) is 4.31 Å². The number of carbonyl (C=O) groups is 1. The van der Waals surface area contributed by atoms with Crippen LogP contribution in [-0.2, 0) is 24.7 Å². The molecule has 7 nitrogen and oxygen atoms in total. The van der Waals surface area contributed by atoms with E-state index >= 15 is 0 Å². The summed E-state index contributed by atoms with van der Waals surface area (Å²) in [5.41, 5.74) is 0. The highest BCUT2D eigenvalue weighted by molar-refractivity contribution is 7.92. The average Bonchev–Trinajstić information content (AvgIpc) is 2.76. The first-order valence-corrected chi connectivity index (χ1v) is 11.3. The third-order valence-electron chi connectivity index (χ3n) is 4.31. The molecular weight excluding hydrogens is 328 g/mol. The lowest BCUT2D eigenvalue weighted by atomic mass is 9.95. The van der Waals surface area contributed by atoms with Crippen LogP contribution in [0.5, 0.6) is 0 Å². The van der Waals surface area contributed by atoms with Crippen molar-refractivity contribution in [1.82, 2.24) is 9.62 Å². The summed E-state index contributed by atoms with van der Waals surface area (Å²) in [6.45, 7) is -0.296. The molecule has 1 unspecified atom stereocenters. The van der Waals surface area contributed by atoms with Gasteiger partial charge in [0.25, 0.3) is 0 Å². The van der Waals surface area contributed by atoms with Gasteiger partial charge in [0.05, 0.1) is 24.3 Å². The van der Waals surface area contributed by atoms with E-state index in [9.17, 15) is 21.6 Å². The van der Waals surface area contributed by atoms with E-state index in [0.29, 0.717) is 0 Å². The number of nitrogens with zero attached hydrogens (tertiary/aromatic N) is 1. The summed E-state index contributed by atoms with van der Waals surface area (Å²) in [6.07, 6.45) is 6.42. The van der Waals surface area contributed by atoms with E-state index in [4.69, 9.17) is 0 Å². The molecule has 128 valence electrons. The second-order valence-corrected chi connectivity index (χ2v) is 10.4. The predicted molar refractivity (Wildman–Crippen MR) is 83.6 cm³/mol. The Morgan fingerprint density at radius 2 is 1.82 bits per heavy atom. The Morgan fingerprint density at radius 1 is 1.18 bits per heavy atom. The molecule has 1 N–H and O–H groups in total. The van der Waals surface area contributed by atoms with Crippen molar-refractivity contribution >= 4 is 25.8 Å². The van der Waals surface area contributed by atoms with Gasteiger partial charge < -0.3 is 5.32 Å². The van der Waals surface area contributed by atoms with E-state index in [1.807, 2.05) is 0 Å². The predicted octanol–water partition coefficient (Wildman–Crippen LogP) is -0.116. The van der Waals surface area contributed by atoms with E-state index in [1.165, 1.54) is 6.42 Å². The van der Waals surface area contributed by atoms with Gasteiger partial charge in [-0.25, -0.2) is 16.8 Å². The summed E-state index contributed by atoms with van der Waals surface area (Å²) in [5.74, 6) is -0.563. The van der Waals surface area contributed by atoms with Gasteiger partial charge in [-0.3, -0.25) is 4.79 Å². The molecule has 1 atom stereocenters. The van der Waals surface area contributed by atoms with Gasteiger partial charge in [-0.1, -0.05) is 19.3 Å². The fraction of sp³-hybridized carbons (Fsp3) is 0.923. The van der Waals surface area contributed by atoms with Gasteiger partial charge in [0.1, 0.15) is 0 Å². The van der Waals surface area contributed by atoms with E-state index < -0.39 is 25.9 Å². The first-order chi connectivity index (χ1) is 10.2. The number of amides is 1. The minimum Gasteiger partial charge on any atom is -0.352 e. The first kappa shape index (κ1) is 17.7. The highest BCUT2D eigenvalue weighted by Gasteiger charge is 2.37. The molecule has 0 aromatic rings. The normalized spacial score (nSPS) is 26.2. The molecule has 0 bridgehead atoms. The third-order valence-corrected chi connectivity index (χ3v) is 7.34. The van der Waals surface area contributed by atoms with Gasteiger partial charge >= 0.3 is 0 Å². The van der Waals surface area contributed by atoms with Crippen molar-refractivity contribution in [3.8, 4) is 0 Å². The third kappa shape index (κ3) is 4.92. The van der Waals surface area contributed by atoms with Crippen LogP contribution in [0.3, 0.4) is 0 Å². The van der Waals surface area contributed by atoms with Crippen molar-refractivity contribution < 1.29 is 21.6 Å². The molecule has 2 fully saturated rings. The molecule has 2 aliphatic rings. The lowest BCUT2D eigenvalue weighted by molar-refractivity contribution is -0.122. The number of rotatable bonds is 5. The highest BCUT2D eigenvalue weighted by atomic mass is 32.2. The summed E-state index contributed by atoms with van der Waals surface area (Å²) >= 11 is 0. The smallest absolute Gasteiger partial charge is 0.235 e. The number of hydrogen-bond donors (Lipinski definition) is 1. The van der Waals surface area contributed by atoms with E-state index in [-0.39, 0.29) is 36.4 Å². The van der Waals surface area contributed by atoms with Crippen molar-refractivity contribution in [2.24, 2.45) is 0 Å². The number of hydrogen-bond acceptors (Lipinski definition) is 5. The molecule has 2 rings (SSSR count). The Bertz CT molecular complexity index is 608. The van der Waals surface area contributed by atoms with Crippen LogP contribution in [0, 0.1) is 0 Å². The van der Waals surface area contributed by atoms with Crippen LogP contribution in [0.25, 0.3) is 0 Å². The lowest BCUT2D eigenvalue weighted by Crippen LogP contribution is -2.48. The molecule has 9 heteroatoms. The first-order valence-electron chi connectivity index (χ1n) is 7.64. The van der Waals surface area contributed by atoms with Gasteiger partial charge in [0, 0.05) is 12.1 Å². The molecule has 0 aromatic carbocycles. The van der Waals surface area contributed by atoms with Gasteiger partial charge in [-0.15, -0.1) is 0 Å². The van der Waals surface area contributed by atoms with E-state index in [1.54, 1.807) is 0 Å². The number of sulfonamides is 1. The van der Waals surface area contributed by atoms with E-state index in [2.05, 4.69) is 5.32 Å². The summed E-state index contributed by atoms with van der Waals surface area (Å²) in [5, 5.41) is 2.87. The topological polar surface area (TPSA) is 101 Å². The molecule has 1 amide bonds. The minimum absolute atomic E-state index is 0.0199. The van der Waals surface area contributed by atoms with Gasteiger partial charge in [0.15, 0.2) is 9.84 Å². The Morgan fingerprint density at radius 3 is 2.32 bits per heavy atom. The maximum atomic E-state index is 12.1. The zero-order valence-electron chi connectivity index (χ0n) is 12.8. The Labute approximate surface area is 132 Å². The fourth-order valence-electron chi connectivity index (χ4n) is 3.18. The summed E-state index contributed by atoms with van der Waals surface area (Å²) < 4.78 is 48.0. The van der Waals surface area contributed by atoms with E-state index in [0.717, 1.165) is 36.2 Å². The minimum atomic E-state index is -3.63. The Hall–Kier alpha value is -0.670. The number of carbonyl (C=O) groups excluding carboxylic acids is 1. The molecule has 1 aliphatic heterocycles. The van der Waals surface area contributed by atoms with Crippen molar-refractivity contribution in [3.63, 3.8) is 0 Å². The fourth-order valence-corrected chi connectivity index (χ4v) is 6.08. The van der Waals surface area contributed by atoms with Gasteiger partial charge in [0.2, 0.25) is 15.9 Å². The maximum absolute atomic E-state index is 12.1. The molecular formula is C13H24N2O5S2. The lowest BCUT2D eigenvalue weighted by Gasteiger charge is -2.27. The van der Waals surface area contributed by atoms with Crippen molar-refractivity contribution in [2.75, 3.05) is 24.3 Å². The molecule has 22 heavy (non-hydrogen) atoms. The quantitative estimate of drug-likeness (QED) is 0.744. The molecule has 1 aliphatic carbocycles. The van der Waals surface area contributed by atoms with Crippen LogP contribution >= 0.6 is 0 Å². The second-order valence-electron chi connectivity index (χ2n) is 6.27. The molecule has 1 saturated carbocycles. The molecule has 1 heterocycles. The molecule has 0 radical (unpaired) electrons. The monoisotopic (exact) mass is 352 g/mol. The van der Waals surface area contributed by atoms with Crippen molar-refractivity contribution in [3.05, 3.63) is 0 Å². The maximum Gasteiger partial charge on any atom is 0.235 e. The summed E-state index contributed by atoms with van der Waals surface area (Å²) in [6, 6.07) is -0.521. The van der Waals surface area contributed by atoms with Crippen molar-refractivity contribution in [2.45, 2.75) is 50.6 Å². The van der Waals surface area contributed by atoms with Crippen LogP contribution in [0.1, 0.15) is 38.5 Å². The molecule has 1 saturated heterocycles. The largest absolute Gasteiger partial charge is 0.352 e. The van der Waals surface area contributed by atoms with Crippen LogP contribution < -0.4 is 5.32 Å². The average molecular weight is 352 g/mol. The zero-order chi connectivity index (χ0) is 16.4. The van der Waals surface area contributed by atoms with Crippen LogP contribution in [0.4, 0.5) is 0 Å². The Kier molecular flexibility index (Phi) is 5.50. The number of sulfone groups is 1. The Balaban J connectivity index is 1.99. The SMILES string of the molecule is CS(=O)(=O)N(CC(=O)NC1CCCCC1)C1CCS(=O)(=O)C1. The zero-order valence-corrected chi connectivity index (χ0v) is 14.5. The molecule has 0 aromatic heterocycles. The summed E-state index contributed by atoms with van der Waals surface area (Å²) in [4.78, 5) is 12.1. The van der Waals surface area contributed by atoms with Crippen LogP contribution in [-0.4, -0.2) is 63.4 Å². The van der Waals surface area contributed by atoms with Crippen LogP contribution in [0.15, 0.2) is 0 Å². The van der Waals surface area contributed by atoms with Crippen molar-refractivity contribution in [1.29, 1.82) is 0 Å². The number of nitrogens with one attached hydrogen (secondary N) is 1. The summed E-state index contributed by atoms with van der Waals surface area (Å²) in [7, 11) is -6.83. The van der Waals surface area contributed by atoms with Crippen LogP contribution in [0.2, 0.25) is 0 Å². The second kappa shape index (κ2) is 6.84. The van der Waals surface area contributed by atoms with Gasteiger partial charge in [-0.05, 0) is 19.3 Å². The standard InChI is InChI=1S/C13H24N2O5S2/c1-21(17,18)15(12-7-8-22(19,20)10-12)9-13(16)14-11-5-3-2-4-6-11/h11-12H,2-10H2,1H3,(H,14,16). The molecule has 0 spiro atoms.